The first-order chi connectivity index (χ1) is 9.97. The third-order valence-electron chi connectivity index (χ3n) is 3.71. The van der Waals surface area contributed by atoms with E-state index in [-0.39, 0.29) is 11.4 Å². The molecule has 1 aliphatic heterocycles. The first kappa shape index (κ1) is 15.7. The number of nitrogens with zero attached hydrogens (tertiary/aromatic N) is 3. The van der Waals surface area contributed by atoms with Gasteiger partial charge in [-0.2, -0.15) is 5.10 Å². The summed E-state index contributed by atoms with van der Waals surface area (Å²) in [6, 6.07) is 0. The van der Waals surface area contributed by atoms with Crippen LogP contribution < -0.4 is 5.32 Å². The predicted octanol–water partition coefficient (Wildman–Crippen LogP) is 0.660. The summed E-state index contributed by atoms with van der Waals surface area (Å²) in [5, 5.41) is 7.02. The number of carbonyl (C=O) groups excluding carboxylic acids is 1. The highest BCUT2D eigenvalue weighted by Crippen LogP contribution is 2.15. The van der Waals surface area contributed by atoms with E-state index in [0.717, 1.165) is 31.9 Å². The first-order valence-corrected chi connectivity index (χ1v) is 7.25. The van der Waals surface area contributed by atoms with E-state index < -0.39 is 0 Å². The van der Waals surface area contributed by atoms with Gasteiger partial charge < -0.3 is 10.1 Å². The standard InChI is InChI=1S/C15H24N4O2/c1-15(2,19-6-8-21-9-7-19)12-16-14(20)5-4-13-10-17-18(3)11-13/h4-5,10-11H,6-9,12H2,1-3H3,(H,16,20)/b5-4+. The van der Waals surface area contributed by atoms with E-state index in [1.807, 2.05) is 13.2 Å². The summed E-state index contributed by atoms with van der Waals surface area (Å²) < 4.78 is 7.07. The second-order valence-electron chi connectivity index (χ2n) is 5.91. The van der Waals surface area contributed by atoms with Crippen LogP contribution >= 0.6 is 0 Å². The van der Waals surface area contributed by atoms with Crippen molar-refractivity contribution in [2.75, 3.05) is 32.8 Å². The molecule has 0 spiro atoms. The summed E-state index contributed by atoms with van der Waals surface area (Å²) in [7, 11) is 1.85. The summed E-state index contributed by atoms with van der Waals surface area (Å²) in [6.07, 6.45) is 6.90. The molecule has 21 heavy (non-hydrogen) atoms. The van der Waals surface area contributed by atoms with Crippen LogP contribution in [-0.4, -0.2) is 59.0 Å². The monoisotopic (exact) mass is 292 g/mol. The van der Waals surface area contributed by atoms with E-state index in [2.05, 4.69) is 29.2 Å². The molecule has 0 radical (unpaired) electrons. The van der Waals surface area contributed by atoms with E-state index in [4.69, 9.17) is 4.74 Å². The molecule has 1 fully saturated rings. The van der Waals surface area contributed by atoms with Crippen molar-refractivity contribution < 1.29 is 9.53 Å². The Hall–Kier alpha value is -1.66. The van der Waals surface area contributed by atoms with Crippen molar-refractivity contribution in [3.05, 3.63) is 24.0 Å². The lowest BCUT2D eigenvalue weighted by molar-refractivity contribution is -0.117. The fourth-order valence-electron chi connectivity index (χ4n) is 2.34. The number of morpholine rings is 1. The Labute approximate surface area is 125 Å². The van der Waals surface area contributed by atoms with Crippen LogP contribution in [0.1, 0.15) is 19.4 Å². The molecule has 2 heterocycles. The number of aromatic nitrogens is 2. The van der Waals surface area contributed by atoms with Crippen LogP contribution in [-0.2, 0) is 16.6 Å². The second-order valence-corrected chi connectivity index (χ2v) is 5.91. The number of aryl methyl sites for hydroxylation is 1. The molecule has 1 aliphatic rings. The number of ether oxygens (including phenoxy) is 1. The molecule has 2 rings (SSSR count). The summed E-state index contributed by atoms with van der Waals surface area (Å²) >= 11 is 0. The minimum atomic E-state index is -0.0832. The fraction of sp³-hybridized carbons (Fsp3) is 0.600. The number of nitrogens with one attached hydrogen (secondary N) is 1. The zero-order chi connectivity index (χ0) is 15.3. The zero-order valence-corrected chi connectivity index (χ0v) is 13.0. The van der Waals surface area contributed by atoms with E-state index in [1.165, 1.54) is 0 Å². The van der Waals surface area contributed by atoms with Crippen LogP contribution in [0.4, 0.5) is 0 Å². The lowest BCUT2D eigenvalue weighted by Gasteiger charge is -2.40. The van der Waals surface area contributed by atoms with Gasteiger partial charge in [-0.3, -0.25) is 14.4 Å². The van der Waals surface area contributed by atoms with Gasteiger partial charge in [0.15, 0.2) is 0 Å². The molecule has 6 heteroatoms. The number of hydrogen-bond donors (Lipinski definition) is 1. The van der Waals surface area contributed by atoms with E-state index in [1.54, 1.807) is 23.0 Å². The molecule has 116 valence electrons. The van der Waals surface area contributed by atoms with Crippen LogP contribution in [0.15, 0.2) is 18.5 Å². The van der Waals surface area contributed by atoms with E-state index in [9.17, 15) is 4.79 Å². The van der Waals surface area contributed by atoms with Crippen molar-refractivity contribution in [1.82, 2.24) is 20.0 Å². The molecule has 1 aromatic rings. The molecule has 0 aromatic carbocycles. The Morgan fingerprint density at radius 2 is 2.19 bits per heavy atom. The van der Waals surface area contributed by atoms with Gasteiger partial charge in [0.25, 0.3) is 0 Å². The van der Waals surface area contributed by atoms with Gasteiger partial charge >= 0.3 is 0 Å². The number of rotatable bonds is 5. The molecule has 0 unspecified atom stereocenters. The predicted molar refractivity (Wildman–Crippen MR) is 81.7 cm³/mol. The van der Waals surface area contributed by atoms with Gasteiger partial charge in [0.1, 0.15) is 0 Å². The highest BCUT2D eigenvalue weighted by Gasteiger charge is 2.28. The molecular weight excluding hydrogens is 268 g/mol. The van der Waals surface area contributed by atoms with Gasteiger partial charge in [-0.15, -0.1) is 0 Å². The van der Waals surface area contributed by atoms with Gasteiger partial charge in [0, 0.05) is 50.1 Å². The average Bonchev–Trinajstić information content (AvgIpc) is 2.90. The fourth-order valence-corrected chi connectivity index (χ4v) is 2.34. The summed E-state index contributed by atoms with van der Waals surface area (Å²) in [5.41, 5.74) is 0.849. The Morgan fingerprint density at radius 1 is 1.48 bits per heavy atom. The first-order valence-electron chi connectivity index (χ1n) is 7.25. The Morgan fingerprint density at radius 3 is 2.81 bits per heavy atom. The van der Waals surface area contributed by atoms with Crippen molar-refractivity contribution in [2.24, 2.45) is 7.05 Å². The highest BCUT2D eigenvalue weighted by molar-refractivity contribution is 5.91. The Bertz CT molecular complexity index is 502. The Balaban J connectivity index is 1.81. The SMILES string of the molecule is Cn1cc(/C=C/C(=O)NCC(C)(C)N2CCOCC2)cn1. The van der Waals surface area contributed by atoms with Crippen molar-refractivity contribution in [3.63, 3.8) is 0 Å². The third-order valence-corrected chi connectivity index (χ3v) is 3.71. The van der Waals surface area contributed by atoms with Crippen LogP contribution in [0.3, 0.4) is 0 Å². The van der Waals surface area contributed by atoms with Gasteiger partial charge in [-0.1, -0.05) is 0 Å². The van der Waals surface area contributed by atoms with Crippen LogP contribution in [0, 0.1) is 0 Å². The minimum Gasteiger partial charge on any atom is -0.379 e. The maximum absolute atomic E-state index is 11.9. The van der Waals surface area contributed by atoms with E-state index in [0.29, 0.717) is 6.54 Å². The maximum atomic E-state index is 11.9. The smallest absolute Gasteiger partial charge is 0.244 e. The quantitative estimate of drug-likeness (QED) is 0.810. The minimum absolute atomic E-state index is 0.0679. The van der Waals surface area contributed by atoms with Gasteiger partial charge in [0.2, 0.25) is 5.91 Å². The van der Waals surface area contributed by atoms with Crippen molar-refractivity contribution in [3.8, 4) is 0 Å². The molecule has 1 aromatic heterocycles. The molecule has 0 atom stereocenters. The summed E-state index contributed by atoms with van der Waals surface area (Å²) in [4.78, 5) is 14.2. The highest BCUT2D eigenvalue weighted by atomic mass is 16.5. The molecule has 6 nitrogen and oxygen atoms in total. The van der Waals surface area contributed by atoms with Gasteiger partial charge in [-0.25, -0.2) is 0 Å². The second kappa shape index (κ2) is 6.87. The number of amides is 1. The molecule has 0 saturated carbocycles. The van der Waals surface area contributed by atoms with Crippen LogP contribution in [0.25, 0.3) is 6.08 Å². The van der Waals surface area contributed by atoms with Crippen molar-refractivity contribution >= 4 is 12.0 Å². The molecule has 1 amide bonds. The number of hydrogen-bond acceptors (Lipinski definition) is 4. The maximum Gasteiger partial charge on any atom is 0.244 e. The molecular formula is C15H24N4O2. The van der Waals surface area contributed by atoms with Crippen LogP contribution in [0.2, 0.25) is 0 Å². The van der Waals surface area contributed by atoms with Crippen LogP contribution in [0.5, 0.6) is 0 Å². The molecule has 1 N–H and O–H groups in total. The lowest BCUT2D eigenvalue weighted by atomic mass is 10.0. The van der Waals surface area contributed by atoms with Gasteiger partial charge in [-0.05, 0) is 19.9 Å². The van der Waals surface area contributed by atoms with Crippen molar-refractivity contribution in [2.45, 2.75) is 19.4 Å². The Kier molecular flexibility index (Phi) is 5.14. The molecule has 0 bridgehead atoms. The lowest BCUT2D eigenvalue weighted by Crippen LogP contribution is -2.55. The van der Waals surface area contributed by atoms with Crippen molar-refractivity contribution in [1.29, 1.82) is 0 Å². The summed E-state index contributed by atoms with van der Waals surface area (Å²) in [5.74, 6) is -0.0832. The van der Waals surface area contributed by atoms with Gasteiger partial charge in [0.05, 0.1) is 19.4 Å². The third kappa shape index (κ3) is 4.68. The number of carbonyl (C=O) groups is 1. The van der Waals surface area contributed by atoms with E-state index >= 15 is 0 Å². The normalized spacial score (nSPS) is 17.3. The molecule has 0 aliphatic carbocycles. The largest absolute Gasteiger partial charge is 0.379 e. The zero-order valence-electron chi connectivity index (χ0n) is 13.0. The summed E-state index contributed by atoms with van der Waals surface area (Å²) in [6.45, 7) is 8.25. The molecule has 1 saturated heterocycles. The average molecular weight is 292 g/mol. The topological polar surface area (TPSA) is 59.4 Å².